The van der Waals surface area contributed by atoms with E-state index in [-0.39, 0.29) is 24.4 Å². The lowest BCUT2D eigenvalue weighted by atomic mass is 10.1. The number of ether oxygens (including phenoxy) is 1. The molecule has 1 fully saturated rings. The molecule has 1 aliphatic rings. The molecule has 98 valence electrons. The molecule has 0 bridgehead atoms. The molecule has 0 aliphatic carbocycles. The highest BCUT2D eigenvalue weighted by molar-refractivity contribution is 6.00. The Morgan fingerprint density at radius 3 is 2.95 bits per heavy atom. The van der Waals surface area contributed by atoms with Gasteiger partial charge in [-0.3, -0.25) is 9.59 Å². The third-order valence-electron chi connectivity index (χ3n) is 3.03. The zero-order valence-electron chi connectivity index (χ0n) is 10.2. The largest absolute Gasteiger partial charge is 0.469 e. The summed E-state index contributed by atoms with van der Waals surface area (Å²) in [7, 11) is 1.26. The van der Waals surface area contributed by atoms with E-state index in [1.54, 1.807) is 0 Å². The van der Waals surface area contributed by atoms with E-state index in [9.17, 15) is 14.0 Å². The summed E-state index contributed by atoms with van der Waals surface area (Å²) in [6.45, 7) is 0.145. The van der Waals surface area contributed by atoms with Crippen molar-refractivity contribution < 1.29 is 18.7 Å². The molecule has 0 spiro atoms. The number of esters is 1. The first-order valence-electron chi connectivity index (χ1n) is 5.64. The van der Waals surface area contributed by atoms with Gasteiger partial charge in [0.2, 0.25) is 5.91 Å². The summed E-state index contributed by atoms with van der Waals surface area (Å²) in [5.74, 6) is -1.83. The first kappa shape index (κ1) is 13.0. The van der Waals surface area contributed by atoms with E-state index in [4.69, 9.17) is 5.26 Å². The Kier molecular flexibility index (Phi) is 3.47. The molecule has 1 heterocycles. The Morgan fingerprint density at radius 1 is 1.58 bits per heavy atom. The van der Waals surface area contributed by atoms with Crippen molar-refractivity contribution in [3.63, 3.8) is 0 Å². The van der Waals surface area contributed by atoms with Crippen molar-refractivity contribution in [2.45, 2.75) is 6.42 Å². The Morgan fingerprint density at radius 2 is 2.32 bits per heavy atom. The quantitative estimate of drug-likeness (QED) is 0.751. The van der Waals surface area contributed by atoms with E-state index in [0.29, 0.717) is 5.69 Å². The number of hydrogen-bond donors (Lipinski definition) is 0. The van der Waals surface area contributed by atoms with Gasteiger partial charge in [-0.25, -0.2) is 4.39 Å². The van der Waals surface area contributed by atoms with Gasteiger partial charge >= 0.3 is 5.97 Å². The standard InChI is InChI=1S/C13H11FN2O3/c1-19-13(18)9-5-12(17)16(7-9)11-3-2-10(14)4-8(11)6-15/h2-4,9H,5,7H2,1H3. The number of nitriles is 1. The molecule has 0 saturated carbocycles. The predicted molar refractivity (Wildman–Crippen MR) is 63.6 cm³/mol. The molecule has 0 N–H and O–H groups in total. The Labute approximate surface area is 109 Å². The average molecular weight is 262 g/mol. The van der Waals surface area contributed by atoms with Crippen molar-refractivity contribution in [2.75, 3.05) is 18.6 Å². The summed E-state index contributed by atoms with van der Waals surface area (Å²) in [6.07, 6.45) is 0.0366. The van der Waals surface area contributed by atoms with Crippen LogP contribution in [-0.2, 0) is 14.3 Å². The van der Waals surface area contributed by atoms with Crippen molar-refractivity contribution >= 4 is 17.6 Å². The van der Waals surface area contributed by atoms with Gasteiger partial charge in [0.1, 0.15) is 11.9 Å². The third kappa shape index (κ3) is 2.40. The zero-order valence-corrected chi connectivity index (χ0v) is 10.2. The van der Waals surface area contributed by atoms with Crippen LogP contribution in [0.5, 0.6) is 0 Å². The number of anilines is 1. The summed E-state index contributed by atoms with van der Waals surface area (Å²) >= 11 is 0. The van der Waals surface area contributed by atoms with E-state index in [0.717, 1.165) is 6.07 Å². The van der Waals surface area contributed by atoms with Gasteiger partial charge in [0.05, 0.1) is 24.3 Å². The number of amides is 1. The van der Waals surface area contributed by atoms with Gasteiger partial charge in [-0.1, -0.05) is 0 Å². The summed E-state index contributed by atoms with van der Waals surface area (Å²) in [6, 6.07) is 5.45. The number of nitrogens with zero attached hydrogens (tertiary/aromatic N) is 2. The molecule has 2 rings (SSSR count). The van der Waals surface area contributed by atoms with Crippen LogP contribution in [-0.4, -0.2) is 25.5 Å². The van der Waals surface area contributed by atoms with E-state index in [1.165, 1.54) is 24.1 Å². The normalized spacial score (nSPS) is 18.3. The third-order valence-corrected chi connectivity index (χ3v) is 3.03. The lowest BCUT2D eigenvalue weighted by Crippen LogP contribution is -2.27. The summed E-state index contributed by atoms with van der Waals surface area (Å²) in [5.41, 5.74) is 0.388. The molecule has 1 saturated heterocycles. The molecule has 6 heteroatoms. The molecular formula is C13H11FN2O3. The van der Waals surface area contributed by atoms with Crippen LogP contribution in [0.3, 0.4) is 0 Å². The van der Waals surface area contributed by atoms with Gasteiger partial charge in [0.25, 0.3) is 0 Å². The molecule has 1 aromatic carbocycles. The van der Waals surface area contributed by atoms with Gasteiger partial charge in [0, 0.05) is 13.0 Å². The molecule has 1 atom stereocenters. The van der Waals surface area contributed by atoms with Crippen LogP contribution in [0.1, 0.15) is 12.0 Å². The molecule has 0 radical (unpaired) electrons. The second kappa shape index (κ2) is 5.06. The van der Waals surface area contributed by atoms with Crippen LogP contribution >= 0.6 is 0 Å². The second-order valence-electron chi connectivity index (χ2n) is 4.20. The van der Waals surface area contributed by atoms with Crippen LogP contribution < -0.4 is 4.90 Å². The molecule has 19 heavy (non-hydrogen) atoms. The van der Waals surface area contributed by atoms with Crippen molar-refractivity contribution in [2.24, 2.45) is 5.92 Å². The fraction of sp³-hybridized carbons (Fsp3) is 0.308. The number of carbonyl (C=O) groups is 2. The van der Waals surface area contributed by atoms with Crippen LogP contribution in [0.15, 0.2) is 18.2 Å². The number of carbonyl (C=O) groups excluding carboxylic acids is 2. The first-order valence-corrected chi connectivity index (χ1v) is 5.64. The molecule has 0 aromatic heterocycles. The van der Waals surface area contributed by atoms with Crippen LogP contribution in [0.4, 0.5) is 10.1 Å². The van der Waals surface area contributed by atoms with Gasteiger partial charge < -0.3 is 9.64 Å². The predicted octanol–water partition coefficient (Wildman–Crippen LogP) is 1.22. The minimum atomic E-state index is -0.547. The molecule has 5 nitrogen and oxygen atoms in total. The highest BCUT2D eigenvalue weighted by Crippen LogP contribution is 2.28. The average Bonchev–Trinajstić information content (AvgIpc) is 2.79. The van der Waals surface area contributed by atoms with Crippen molar-refractivity contribution in [3.8, 4) is 6.07 Å². The fourth-order valence-electron chi connectivity index (χ4n) is 2.10. The maximum absolute atomic E-state index is 13.0. The van der Waals surface area contributed by atoms with Crippen molar-refractivity contribution in [1.29, 1.82) is 5.26 Å². The number of rotatable bonds is 2. The van der Waals surface area contributed by atoms with Crippen LogP contribution in [0.2, 0.25) is 0 Å². The van der Waals surface area contributed by atoms with Crippen molar-refractivity contribution in [3.05, 3.63) is 29.6 Å². The van der Waals surface area contributed by atoms with Gasteiger partial charge in [0.15, 0.2) is 0 Å². The lowest BCUT2D eigenvalue weighted by molar-refractivity contribution is -0.145. The highest BCUT2D eigenvalue weighted by atomic mass is 19.1. The van der Waals surface area contributed by atoms with Crippen molar-refractivity contribution in [1.82, 2.24) is 0 Å². The SMILES string of the molecule is COC(=O)C1CC(=O)N(c2ccc(F)cc2C#N)C1. The Balaban J connectivity index is 2.31. The van der Waals surface area contributed by atoms with E-state index in [2.05, 4.69) is 4.74 Å². The number of methoxy groups -OCH3 is 1. The summed E-state index contributed by atoms with van der Waals surface area (Å²) in [5, 5.41) is 8.96. The molecule has 1 aromatic rings. The van der Waals surface area contributed by atoms with Gasteiger partial charge in [-0.05, 0) is 18.2 Å². The Hall–Kier alpha value is -2.42. The lowest BCUT2D eigenvalue weighted by Gasteiger charge is -2.17. The highest BCUT2D eigenvalue weighted by Gasteiger charge is 2.36. The number of benzene rings is 1. The first-order chi connectivity index (χ1) is 9.06. The zero-order chi connectivity index (χ0) is 14.0. The van der Waals surface area contributed by atoms with Crippen LogP contribution in [0, 0.1) is 23.1 Å². The molecule has 1 aliphatic heterocycles. The summed E-state index contributed by atoms with van der Waals surface area (Å²) < 4.78 is 17.6. The number of hydrogen-bond acceptors (Lipinski definition) is 4. The van der Waals surface area contributed by atoms with E-state index in [1.807, 2.05) is 6.07 Å². The smallest absolute Gasteiger partial charge is 0.311 e. The number of halogens is 1. The molecule has 1 unspecified atom stereocenters. The maximum atomic E-state index is 13.0. The minimum Gasteiger partial charge on any atom is -0.469 e. The van der Waals surface area contributed by atoms with E-state index < -0.39 is 17.7 Å². The summed E-state index contributed by atoms with van der Waals surface area (Å²) in [4.78, 5) is 24.6. The monoisotopic (exact) mass is 262 g/mol. The Bertz CT molecular complexity index is 580. The van der Waals surface area contributed by atoms with E-state index >= 15 is 0 Å². The maximum Gasteiger partial charge on any atom is 0.311 e. The molecule has 1 amide bonds. The molecular weight excluding hydrogens is 251 g/mol. The topological polar surface area (TPSA) is 70.4 Å². The van der Waals surface area contributed by atoms with Gasteiger partial charge in [-0.2, -0.15) is 5.26 Å². The van der Waals surface area contributed by atoms with Gasteiger partial charge in [-0.15, -0.1) is 0 Å². The second-order valence-corrected chi connectivity index (χ2v) is 4.20. The minimum absolute atomic E-state index is 0.0366. The fourth-order valence-corrected chi connectivity index (χ4v) is 2.10. The van der Waals surface area contributed by atoms with Crippen LogP contribution in [0.25, 0.3) is 0 Å².